The molecule has 0 aromatic heterocycles. The van der Waals surface area contributed by atoms with Crippen LogP contribution in [0.25, 0.3) is 0 Å². The second kappa shape index (κ2) is 4.93. The maximum atomic E-state index is 12.5. The molecule has 1 aromatic rings. The maximum Gasteiger partial charge on any atom is 0.416 e. The number of fused-ring (bicyclic) bond motifs is 2. The second-order valence-corrected chi connectivity index (χ2v) is 5.94. The minimum Gasteiger partial charge on any atom is -0.481 e. The number of rotatable bonds is 3. The molecule has 114 valence electrons. The van der Waals surface area contributed by atoms with Gasteiger partial charge < -0.3 is 10.4 Å². The third kappa shape index (κ3) is 2.59. The molecule has 0 amide bonds. The third-order valence-corrected chi connectivity index (χ3v) is 4.75. The lowest BCUT2D eigenvalue weighted by atomic mass is 9.84. The Morgan fingerprint density at radius 2 is 1.76 bits per heavy atom. The number of anilines is 1. The summed E-state index contributed by atoms with van der Waals surface area (Å²) in [5.74, 6) is -0.754. The quantitative estimate of drug-likeness (QED) is 0.896. The monoisotopic (exact) mass is 299 g/mol. The van der Waals surface area contributed by atoms with Crippen molar-refractivity contribution in [3.8, 4) is 0 Å². The van der Waals surface area contributed by atoms with Crippen LogP contribution >= 0.6 is 0 Å². The molecule has 1 aromatic carbocycles. The first kappa shape index (κ1) is 14.2. The zero-order valence-corrected chi connectivity index (χ0v) is 11.2. The number of carboxylic acids is 1. The molecule has 0 aliphatic heterocycles. The minimum absolute atomic E-state index is 0.182. The molecule has 2 bridgehead atoms. The smallest absolute Gasteiger partial charge is 0.416 e. The molecule has 0 spiro atoms. The van der Waals surface area contributed by atoms with Crippen LogP contribution in [0.5, 0.6) is 0 Å². The summed E-state index contributed by atoms with van der Waals surface area (Å²) in [6, 6.07) is 4.59. The van der Waals surface area contributed by atoms with E-state index in [0.717, 1.165) is 31.4 Å². The van der Waals surface area contributed by atoms with Crippen LogP contribution in [0.2, 0.25) is 0 Å². The number of alkyl halides is 3. The predicted molar refractivity (Wildman–Crippen MR) is 70.8 cm³/mol. The third-order valence-electron chi connectivity index (χ3n) is 4.75. The molecular formula is C15H16F3NO2. The van der Waals surface area contributed by atoms with E-state index in [2.05, 4.69) is 5.32 Å². The highest BCUT2D eigenvalue weighted by atomic mass is 19.4. The van der Waals surface area contributed by atoms with Gasteiger partial charge in [-0.3, -0.25) is 4.79 Å². The van der Waals surface area contributed by atoms with Crippen molar-refractivity contribution in [3.63, 3.8) is 0 Å². The van der Waals surface area contributed by atoms with Crippen LogP contribution < -0.4 is 5.32 Å². The zero-order valence-electron chi connectivity index (χ0n) is 11.2. The van der Waals surface area contributed by atoms with Gasteiger partial charge in [0.2, 0.25) is 0 Å². The molecule has 21 heavy (non-hydrogen) atoms. The minimum atomic E-state index is -4.35. The average molecular weight is 299 g/mol. The molecule has 2 saturated carbocycles. The van der Waals surface area contributed by atoms with E-state index >= 15 is 0 Å². The van der Waals surface area contributed by atoms with Gasteiger partial charge in [-0.25, -0.2) is 0 Å². The summed E-state index contributed by atoms with van der Waals surface area (Å²) in [7, 11) is 0. The first-order valence-electron chi connectivity index (χ1n) is 7.03. The molecule has 3 rings (SSSR count). The number of aliphatic carboxylic acids is 1. The lowest BCUT2D eigenvalue weighted by Crippen LogP contribution is -2.39. The fourth-order valence-electron chi connectivity index (χ4n) is 3.80. The molecular weight excluding hydrogens is 283 g/mol. The maximum absolute atomic E-state index is 12.5. The van der Waals surface area contributed by atoms with Crippen LogP contribution in [0.1, 0.15) is 24.8 Å². The van der Waals surface area contributed by atoms with Crippen molar-refractivity contribution in [2.24, 2.45) is 17.8 Å². The summed E-state index contributed by atoms with van der Waals surface area (Å²) in [5, 5.41) is 12.5. The first-order valence-corrected chi connectivity index (χ1v) is 7.03. The number of hydrogen-bond donors (Lipinski definition) is 2. The Morgan fingerprint density at radius 3 is 2.33 bits per heavy atom. The number of carboxylic acid groups (broad SMARTS) is 1. The molecule has 4 atom stereocenters. The van der Waals surface area contributed by atoms with Crippen LogP contribution in [-0.4, -0.2) is 17.1 Å². The van der Waals surface area contributed by atoms with Gasteiger partial charge in [-0.05, 0) is 55.4 Å². The van der Waals surface area contributed by atoms with Crippen LogP contribution in [-0.2, 0) is 11.0 Å². The number of carbonyl (C=O) groups is 1. The lowest BCUT2D eigenvalue weighted by molar-refractivity contribution is -0.143. The Labute approximate surface area is 120 Å². The van der Waals surface area contributed by atoms with Crippen molar-refractivity contribution < 1.29 is 23.1 Å². The highest BCUT2D eigenvalue weighted by molar-refractivity contribution is 5.73. The molecule has 6 heteroatoms. The molecule has 4 unspecified atom stereocenters. The van der Waals surface area contributed by atoms with Gasteiger partial charge >= 0.3 is 12.1 Å². The number of halogens is 3. The summed E-state index contributed by atoms with van der Waals surface area (Å²) >= 11 is 0. The van der Waals surface area contributed by atoms with Gasteiger partial charge in [0, 0.05) is 11.7 Å². The SMILES string of the molecule is O=C(O)C1C2CCC(C2)C1Nc1ccc(C(F)(F)F)cc1. The summed E-state index contributed by atoms with van der Waals surface area (Å²) in [6.07, 6.45) is -1.52. The Kier molecular flexibility index (Phi) is 3.34. The van der Waals surface area contributed by atoms with Gasteiger partial charge in [0.05, 0.1) is 11.5 Å². The Bertz CT molecular complexity index is 541. The molecule has 3 nitrogen and oxygen atoms in total. The van der Waals surface area contributed by atoms with Crippen molar-refractivity contribution in [2.45, 2.75) is 31.5 Å². The van der Waals surface area contributed by atoms with Gasteiger partial charge in [-0.15, -0.1) is 0 Å². The van der Waals surface area contributed by atoms with Crippen molar-refractivity contribution >= 4 is 11.7 Å². The Morgan fingerprint density at radius 1 is 1.14 bits per heavy atom. The number of benzene rings is 1. The van der Waals surface area contributed by atoms with Gasteiger partial charge in [-0.2, -0.15) is 13.2 Å². The fourth-order valence-corrected chi connectivity index (χ4v) is 3.80. The van der Waals surface area contributed by atoms with Crippen LogP contribution in [0.15, 0.2) is 24.3 Å². The molecule has 2 aliphatic carbocycles. The largest absolute Gasteiger partial charge is 0.481 e. The topological polar surface area (TPSA) is 49.3 Å². The van der Waals surface area contributed by atoms with Gasteiger partial charge in [0.15, 0.2) is 0 Å². The van der Waals surface area contributed by atoms with Crippen molar-refractivity contribution in [3.05, 3.63) is 29.8 Å². The van der Waals surface area contributed by atoms with Crippen LogP contribution in [0, 0.1) is 17.8 Å². The highest BCUT2D eigenvalue weighted by Crippen LogP contribution is 2.49. The molecule has 2 aliphatic rings. The summed E-state index contributed by atoms with van der Waals surface area (Å²) in [4.78, 5) is 11.4. The van der Waals surface area contributed by atoms with E-state index in [1.54, 1.807) is 0 Å². The van der Waals surface area contributed by atoms with Gasteiger partial charge in [0.25, 0.3) is 0 Å². The van der Waals surface area contributed by atoms with E-state index in [-0.39, 0.29) is 12.0 Å². The first-order chi connectivity index (χ1) is 9.86. The lowest BCUT2D eigenvalue weighted by Gasteiger charge is -2.29. The van der Waals surface area contributed by atoms with E-state index in [9.17, 15) is 23.1 Å². The average Bonchev–Trinajstić information content (AvgIpc) is 2.98. The fraction of sp³-hybridized carbons (Fsp3) is 0.533. The van der Waals surface area contributed by atoms with Crippen molar-refractivity contribution in [2.75, 3.05) is 5.32 Å². The standard InChI is InChI=1S/C15H16F3NO2/c16-15(17,18)10-3-5-11(6-4-10)19-13-9-2-1-8(7-9)12(13)14(20)21/h3-6,8-9,12-13,19H,1-2,7H2,(H,20,21). The summed E-state index contributed by atoms with van der Waals surface area (Å²) in [6.45, 7) is 0. The molecule has 0 radical (unpaired) electrons. The van der Waals surface area contributed by atoms with E-state index in [1.807, 2.05) is 0 Å². The van der Waals surface area contributed by atoms with Crippen molar-refractivity contribution in [1.29, 1.82) is 0 Å². The number of nitrogens with one attached hydrogen (secondary N) is 1. The normalized spacial score (nSPS) is 31.4. The summed E-state index contributed by atoms with van der Waals surface area (Å²) in [5.41, 5.74) is -0.150. The van der Waals surface area contributed by atoms with Crippen LogP contribution in [0.3, 0.4) is 0 Å². The highest BCUT2D eigenvalue weighted by Gasteiger charge is 2.51. The van der Waals surface area contributed by atoms with Gasteiger partial charge in [0.1, 0.15) is 0 Å². The van der Waals surface area contributed by atoms with Crippen molar-refractivity contribution in [1.82, 2.24) is 0 Å². The molecule has 0 heterocycles. The molecule has 2 N–H and O–H groups in total. The Hall–Kier alpha value is -1.72. The number of hydrogen-bond acceptors (Lipinski definition) is 2. The molecule has 0 saturated heterocycles. The molecule has 2 fully saturated rings. The Balaban J connectivity index is 1.75. The van der Waals surface area contributed by atoms with E-state index < -0.39 is 23.6 Å². The van der Waals surface area contributed by atoms with Crippen LogP contribution in [0.4, 0.5) is 18.9 Å². The van der Waals surface area contributed by atoms with Gasteiger partial charge in [-0.1, -0.05) is 0 Å². The van der Waals surface area contributed by atoms with E-state index in [4.69, 9.17) is 0 Å². The summed E-state index contributed by atoms with van der Waals surface area (Å²) < 4.78 is 37.5. The predicted octanol–water partition coefficient (Wildman–Crippen LogP) is 3.62. The van der Waals surface area contributed by atoms with E-state index in [0.29, 0.717) is 11.6 Å². The zero-order chi connectivity index (χ0) is 15.2. The second-order valence-electron chi connectivity index (χ2n) is 5.94. The van der Waals surface area contributed by atoms with E-state index in [1.165, 1.54) is 12.1 Å².